The second kappa shape index (κ2) is 5.01. The normalized spacial score (nSPS) is 10.6. The van der Waals surface area contributed by atoms with E-state index in [1.807, 2.05) is 25.1 Å². The first kappa shape index (κ1) is 11.1. The molecule has 0 aliphatic carbocycles. The van der Waals surface area contributed by atoms with Gasteiger partial charge < -0.3 is 9.84 Å². The van der Waals surface area contributed by atoms with E-state index in [0.717, 1.165) is 11.3 Å². The molecule has 0 atom stereocenters. The lowest BCUT2D eigenvalue weighted by Crippen LogP contribution is -1.98. The number of hydrogen-bond acceptors (Lipinski definition) is 2. The highest BCUT2D eigenvalue weighted by Gasteiger charge is 2.06. The van der Waals surface area contributed by atoms with Crippen molar-refractivity contribution in [3.8, 4) is 5.75 Å². The minimum Gasteiger partial charge on any atom is -0.494 e. The van der Waals surface area contributed by atoms with Crippen LogP contribution in [0.15, 0.2) is 18.2 Å². The molecule has 0 bridgehead atoms. The van der Waals surface area contributed by atoms with Gasteiger partial charge in [0.1, 0.15) is 5.75 Å². The van der Waals surface area contributed by atoms with Crippen LogP contribution in [0.25, 0.3) is 0 Å². The summed E-state index contributed by atoms with van der Waals surface area (Å²) in [6.45, 7) is 6.93. The van der Waals surface area contributed by atoms with E-state index in [-0.39, 0.29) is 6.61 Å². The maximum Gasteiger partial charge on any atom is 0.119 e. The molecule has 1 aromatic rings. The van der Waals surface area contributed by atoms with Crippen molar-refractivity contribution in [1.29, 1.82) is 0 Å². The maximum absolute atomic E-state index is 9.20. The van der Waals surface area contributed by atoms with Crippen LogP contribution in [-0.2, 0) is 6.61 Å². The van der Waals surface area contributed by atoms with E-state index in [1.165, 1.54) is 5.56 Å². The smallest absolute Gasteiger partial charge is 0.119 e. The van der Waals surface area contributed by atoms with Gasteiger partial charge >= 0.3 is 0 Å². The SMILES string of the molecule is CCOc1ccc(C(C)C)c(CO)c1. The van der Waals surface area contributed by atoms with Crippen LogP contribution in [-0.4, -0.2) is 11.7 Å². The largest absolute Gasteiger partial charge is 0.494 e. The van der Waals surface area contributed by atoms with Gasteiger partial charge in [-0.05, 0) is 36.1 Å². The average molecular weight is 194 g/mol. The molecule has 1 rings (SSSR count). The summed E-state index contributed by atoms with van der Waals surface area (Å²) in [5.41, 5.74) is 2.15. The lowest BCUT2D eigenvalue weighted by atomic mass is 9.97. The fourth-order valence-corrected chi connectivity index (χ4v) is 1.54. The lowest BCUT2D eigenvalue weighted by Gasteiger charge is -2.12. The quantitative estimate of drug-likeness (QED) is 0.798. The highest BCUT2D eigenvalue weighted by molar-refractivity contribution is 5.36. The second-order valence-corrected chi connectivity index (χ2v) is 3.61. The van der Waals surface area contributed by atoms with Crippen LogP contribution in [0.2, 0.25) is 0 Å². The van der Waals surface area contributed by atoms with Crippen molar-refractivity contribution in [2.75, 3.05) is 6.61 Å². The maximum atomic E-state index is 9.20. The van der Waals surface area contributed by atoms with E-state index in [4.69, 9.17) is 4.74 Å². The zero-order chi connectivity index (χ0) is 10.6. The first-order valence-electron chi connectivity index (χ1n) is 5.05. The lowest BCUT2D eigenvalue weighted by molar-refractivity contribution is 0.278. The monoisotopic (exact) mass is 194 g/mol. The van der Waals surface area contributed by atoms with Crippen LogP contribution in [0.3, 0.4) is 0 Å². The van der Waals surface area contributed by atoms with Crippen molar-refractivity contribution in [2.45, 2.75) is 33.3 Å². The molecule has 14 heavy (non-hydrogen) atoms. The first-order chi connectivity index (χ1) is 6.69. The first-order valence-corrected chi connectivity index (χ1v) is 5.05. The molecule has 0 aliphatic rings. The van der Waals surface area contributed by atoms with Crippen molar-refractivity contribution in [3.05, 3.63) is 29.3 Å². The average Bonchev–Trinajstić information content (AvgIpc) is 2.17. The molecule has 0 spiro atoms. The number of hydrogen-bond donors (Lipinski definition) is 1. The molecule has 0 radical (unpaired) electrons. The zero-order valence-electron chi connectivity index (χ0n) is 9.08. The molecule has 0 unspecified atom stereocenters. The molecule has 78 valence electrons. The predicted molar refractivity (Wildman–Crippen MR) is 57.6 cm³/mol. The second-order valence-electron chi connectivity index (χ2n) is 3.61. The van der Waals surface area contributed by atoms with E-state index in [2.05, 4.69) is 13.8 Å². The fourth-order valence-electron chi connectivity index (χ4n) is 1.54. The topological polar surface area (TPSA) is 29.5 Å². The standard InChI is InChI=1S/C12H18O2/c1-4-14-11-5-6-12(9(2)3)10(7-11)8-13/h5-7,9,13H,4,8H2,1-3H3. The van der Waals surface area contributed by atoms with Crippen LogP contribution in [0.1, 0.15) is 37.8 Å². The predicted octanol–water partition coefficient (Wildman–Crippen LogP) is 2.70. The van der Waals surface area contributed by atoms with Gasteiger partial charge in [0.15, 0.2) is 0 Å². The molecule has 0 saturated heterocycles. The van der Waals surface area contributed by atoms with E-state index < -0.39 is 0 Å². The third-order valence-electron chi connectivity index (χ3n) is 2.22. The zero-order valence-corrected chi connectivity index (χ0v) is 9.08. The van der Waals surface area contributed by atoms with Gasteiger partial charge in [-0.25, -0.2) is 0 Å². The van der Waals surface area contributed by atoms with Crippen LogP contribution < -0.4 is 4.74 Å². The molecule has 0 fully saturated rings. The van der Waals surface area contributed by atoms with Crippen molar-refractivity contribution in [1.82, 2.24) is 0 Å². The van der Waals surface area contributed by atoms with Crippen molar-refractivity contribution in [3.63, 3.8) is 0 Å². The summed E-state index contributed by atoms with van der Waals surface area (Å²) in [6, 6.07) is 5.90. The van der Waals surface area contributed by atoms with Gasteiger partial charge in [-0.1, -0.05) is 19.9 Å². The Bertz CT molecular complexity index is 292. The molecular weight excluding hydrogens is 176 g/mol. The Balaban J connectivity index is 2.99. The number of rotatable bonds is 4. The minimum absolute atomic E-state index is 0.0778. The molecule has 0 heterocycles. The summed E-state index contributed by atoms with van der Waals surface area (Å²) in [7, 11) is 0. The Labute approximate surface area is 85.5 Å². The fraction of sp³-hybridized carbons (Fsp3) is 0.500. The number of aliphatic hydroxyl groups is 1. The van der Waals surface area contributed by atoms with Crippen LogP contribution in [0.5, 0.6) is 5.75 Å². The Morgan fingerprint density at radius 1 is 1.36 bits per heavy atom. The Kier molecular flexibility index (Phi) is 3.96. The molecule has 1 N–H and O–H groups in total. The minimum atomic E-state index is 0.0778. The Morgan fingerprint density at radius 2 is 2.07 bits per heavy atom. The molecule has 2 nitrogen and oxygen atoms in total. The summed E-state index contributed by atoms with van der Waals surface area (Å²) >= 11 is 0. The highest BCUT2D eigenvalue weighted by Crippen LogP contribution is 2.24. The highest BCUT2D eigenvalue weighted by atomic mass is 16.5. The Morgan fingerprint density at radius 3 is 2.57 bits per heavy atom. The Hall–Kier alpha value is -1.02. The van der Waals surface area contributed by atoms with E-state index in [9.17, 15) is 5.11 Å². The van der Waals surface area contributed by atoms with Crippen LogP contribution in [0, 0.1) is 0 Å². The number of benzene rings is 1. The van der Waals surface area contributed by atoms with Crippen LogP contribution >= 0.6 is 0 Å². The third-order valence-corrected chi connectivity index (χ3v) is 2.22. The van der Waals surface area contributed by atoms with Gasteiger partial charge in [0, 0.05) is 0 Å². The third kappa shape index (κ3) is 2.48. The van der Waals surface area contributed by atoms with Crippen molar-refractivity contribution >= 4 is 0 Å². The van der Waals surface area contributed by atoms with Gasteiger partial charge in [-0.15, -0.1) is 0 Å². The summed E-state index contributed by atoms with van der Waals surface area (Å²) in [4.78, 5) is 0. The van der Waals surface area contributed by atoms with Gasteiger partial charge in [-0.3, -0.25) is 0 Å². The molecule has 0 aromatic heterocycles. The van der Waals surface area contributed by atoms with Gasteiger partial charge in [-0.2, -0.15) is 0 Å². The van der Waals surface area contributed by atoms with Crippen molar-refractivity contribution < 1.29 is 9.84 Å². The summed E-state index contributed by atoms with van der Waals surface area (Å²) in [6.07, 6.45) is 0. The molecule has 2 heteroatoms. The van der Waals surface area contributed by atoms with Crippen LogP contribution in [0.4, 0.5) is 0 Å². The summed E-state index contributed by atoms with van der Waals surface area (Å²) in [5.74, 6) is 1.27. The molecule has 0 aliphatic heterocycles. The van der Waals surface area contributed by atoms with E-state index in [1.54, 1.807) is 0 Å². The summed E-state index contributed by atoms with van der Waals surface area (Å²) in [5, 5.41) is 9.20. The van der Waals surface area contributed by atoms with Gasteiger partial charge in [0.25, 0.3) is 0 Å². The summed E-state index contributed by atoms with van der Waals surface area (Å²) < 4.78 is 5.37. The molecule has 1 aromatic carbocycles. The molecule has 0 amide bonds. The van der Waals surface area contributed by atoms with Gasteiger partial charge in [0.2, 0.25) is 0 Å². The number of aliphatic hydroxyl groups excluding tert-OH is 1. The van der Waals surface area contributed by atoms with E-state index in [0.29, 0.717) is 12.5 Å². The van der Waals surface area contributed by atoms with Gasteiger partial charge in [0.05, 0.1) is 13.2 Å². The molecular formula is C12H18O2. The van der Waals surface area contributed by atoms with Crippen molar-refractivity contribution in [2.24, 2.45) is 0 Å². The molecule has 0 saturated carbocycles. The van der Waals surface area contributed by atoms with E-state index >= 15 is 0 Å². The number of ether oxygens (including phenoxy) is 1.